The Morgan fingerprint density at radius 1 is 1.36 bits per heavy atom. The first kappa shape index (κ1) is 16.1. The number of nitrogens with one attached hydrogen (secondary N) is 2. The summed E-state index contributed by atoms with van der Waals surface area (Å²) in [5, 5.41) is 15.9. The zero-order valence-corrected chi connectivity index (χ0v) is 13.8. The maximum absolute atomic E-state index is 12.2. The highest BCUT2D eigenvalue weighted by Gasteiger charge is 2.65. The van der Waals surface area contributed by atoms with Crippen molar-refractivity contribution < 1.29 is 14.6 Å². The van der Waals surface area contributed by atoms with Crippen molar-refractivity contribution in [2.75, 3.05) is 13.2 Å². The number of hydrogen-bond acceptors (Lipinski definition) is 3. The van der Waals surface area contributed by atoms with Crippen LogP contribution in [0.25, 0.3) is 0 Å². The minimum Gasteiger partial charge on any atom is -0.391 e. The molecule has 2 aliphatic carbocycles. The van der Waals surface area contributed by atoms with Crippen molar-refractivity contribution >= 4 is 6.03 Å². The standard InChI is InChI=1S/C17H30N2O3/c1-11(2)9-12(20)10-18-16(21)19-14-13-5-8-22-15(13)17(14)6-3-4-7-17/h11-15,20H,3-10H2,1-2H3,(H2,18,19,21). The third-order valence-corrected chi connectivity index (χ3v) is 5.81. The van der Waals surface area contributed by atoms with Crippen LogP contribution in [0.15, 0.2) is 0 Å². The summed E-state index contributed by atoms with van der Waals surface area (Å²) in [6.07, 6.45) is 6.53. The summed E-state index contributed by atoms with van der Waals surface area (Å²) < 4.78 is 5.93. The van der Waals surface area contributed by atoms with Crippen LogP contribution in [0.3, 0.4) is 0 Å². The smallest absolute Gasteiger partial charge is 0.315 e. The number of aliphatic hydroxyl groups excluding tert-OH is 1. The zero-order chi connectivity index (χ0) is 15.7. The highest BCUT2D eigenvalue weighted by molar-refractivity contribution is 5.74. The molecular weight excluding hydrogens is 280 g/mol. The molecule has 5 nitrogen and oxygen atoms in total. The second-order valence-corrected chi connectivity index (χ2v) is 7.80. The predicted molar refractivity (Wildman–Crippen MR) is 84.5 cm³/mol. The van der Waals surface area contributed by atoms with E-state index in [4.69, 9.17) is 4.74 Å². The molecule has 1 heterocycles. The fourth-order valence-corrected chi connectivity index (χ4v) is 4.93. The molecule has 0 aromatic carbocycles. The van der Waals surface area contributed by atoms with E-state index in [1.807, 2.05) is 0 Å². The van der Waals surface area contributed by atoms with E-state index in [0.717, 1.165) is 13.0 Å². The van der Waals surface area contributed by atoms with Gasteiger partial charge >= 0.3 is 6.03 Å². The zero-order valence-electron chi connectivity index (χ0n) is 13.8. The minimum absolute atomic E-state index is 0.135. The predicted octanol–water partition coefficient (Wildman–Crippen LogP) is 2.04. The molecule has 22 heavy (non-hydrogen) atoms. The molecule has 0 aromatic heterocycles. The average molecular weight is 310 g/mol. The van der Waals surface area contributed by atoms with E-state index in [-0.39, 0.29) is 17.5 Å². The van der Waals surface area contributed by atoms with Crippen LogP contribution in [0.1, 0.15) is 52.4 Å². The molecule has 3 fully saturated rings. The monoisotopic (exact) mass is 310 g/mol. The molecule has 0 bridgehead atoms. The number of fused-ring (bicyclic) bond motifs is 2. The van der Waals surface area contributed by atoms with Gasteiger partial charge in [0, 0.05) is 30.5 Å². The van der Waals surface area contributed by atoms with Gasteiger partial charge in [-0.1, -0.05) is 26.7 Å². The normalized spacial score (nSPS) is 33.5. The molecule has 126 valence electrons. The highest BCUT2D eigenvalue weighted by atomic mass is 16.5. The van der Waals surface area contributed by atoms with Gasteiger partial charge in [0.1, 0.15) is 0 Å². The molecule has 3 rings (SSSR count). The third-order valence-electron chi connectivity index (χ3n) is 5.81. The second kappa shape index (κ2) is 6.36. The molecule has 2 amide bonds. The summed E-state index contributed by atoms with van der Waals surface area (Å²) in [7, 11) is 0. The van der Waals surface area contributed by atoms with Gasteiger partial charge < -0.3 is 20.5 Å². The Labute approximate surface area is 133 Å². The first-order valence-electron chi connectivity index (χ1n) is 8.87. The topological polar surface area (TPSA) is 70.6 Å². The lowest BCUT2D eigenvalue weighted by molar-refractivity contribution is -0.126. The first-order valence-corrected chi connectivity index (χ1v) is 8.87. The maximum atomic E-state index is 12.2. The highest BCUT2D eigenvalue weighted by Crippen LogP contribution is 2.60. The molecule has 0 aromatic rings. The number of aliphatic hydroxyl groups is 1. The number of carbonyl (C=O) groups excluding carboxylic acids is 1. The second-order valence-electron chi connectivity index (χ2n) is 7.80. The van der Waals surface area contributed by atoms with E-state index in [1.54, 1.807) is 0 Å². The van der Waals surface area contributed by atoms with Crippen molar-refractivity contribution in [1.82, 2.24) is 10.6 Å². The molecule has 1 spiro atoms. The Kier molecular flexibility index (Phi) is 4.64. The van der Waals surface area contributed by atoms with Crippen molar-refractivity contribution in [1.29, 1.82) is 0 Å². The van der Waals surface area contributed by atoms with Crippen LogP contribution >= 0.6 is 0 Å². The number of carbonyl (C=O) groups is 1. The molecule has 0 radical (unpaired) electrons. The van der Waals surface area contributed by atoms with Crippen molar-refractivity contribution in [3.63, 3.8) is 0 Å². The maximum Gasteiger partial charge on any atom is 0.315 e. The Bertz CT molecular complexity index is 407. The van der Waals surface area contributed by atoms with Gasteiger partial charge in [-0.3, -0.25) is 0 Å². The SMILES string of the molecule is CC(C)CC(O)CNC(=O)NC1C2CCOC2C12CCCC2. The van der Waals surface area contributed by atoms with Crippen LogP contribution in [0, 0.1) is 17.3 Å². The van der Waals surface area contributed by atoms with Gasteiger partial charge in [0.2, 0.25) is 0 Å². The molecule has 5 heteroatoms. The Hall–Kier alpha value is -0.810. The average Bonchev–Trinajstić information content (AvgIpc) is 3.09. The minimum atomic E-state index is -0.463. The van der Waals surface area contributed by atoms with Crippen LogP contribution < -0.4 is 10.6 Å². The van der Waals surface area contributed by atoms with Crippen molar-refractivity contribution in [3.8, 4) is 0 Å². The first-order chi connectivity index (χ1) is 10.5. The lowest BCUT2D eigenvalue weighted by Gasteiger charge is -2.56. The molecule has 1 aliphatic heterocycles. The summed E-state index contributed by atoms with van der Waals surface area (Å²) in [5.74, 6) is 0.925. The van der Waals surface area contributed by atoms with Crippen LogP contribution in [-0.2, 0) is 4.74 Å². The van der Waals surface area contributed by atoms with E-state index in [0.29, 0.717) is 30.9 Å². The molecule has 3 N–H and O–H groups in total. The van der Waals surface area contributed by atoms with Crippen molar-refractivity contribution in [3.05, 3.63) is 0 Å². The Morgan fingerprint density at radius 2 is 2.09 bits per heavy atom. The molecule has 4 unspecified atom stereocenters. The van der Waals surface area contributed by atoms with Gasteiger partial charge in [0.05, 0.1) is 12.2 Å². The Morgan fingerprint density at radius 3 is 2.77 bits per heavy atom. The van der Waals surface area contributed by atoms with Gasteiger partial charge in [-0.25, -0.2) is 4.79 Å². The summed E-state index contributed by atoms with van der Waals surface area (Å²) in [6.45, 7) is 5.31. The van der Waals surface area contributed by atoms with Crippen LogP contribution in [0.4, 0.5) is 4.79 Å². The van der Waals surface area contributed by atoms with Gasteiger partial charge in [-0.05, 0) is 31.6 Å². The lowest BCUT2D eigenvalue weighted by Crippen LogP contribution is -2.69. The fourth-order valence-electron chi connectivity index (χ4n) is 4.93. The quantitative estimate of drug-likeness (QED) is 0.728. The molecule has 3 aliphatic rings. The summed E-state index contributed by atoms with van der Waals surface area (Å²) in [6, 6.07) is 0.120. The van der Waals surface area contributed by atoms with E-state index in [2.05, 4.69) is 24.5 Å². The van der Waals surface area contributed by atoms with Crippen LogP contribution in [0.5, 0.6) is 0 Å². The van der Waals surface area contributed by atoms with Gasteiger partial charge in [-0.2, -0.15) is 0 Å². The van der Waals surface area contributed by atoms with Gasteiger partial charge in [0.25, 0.3) is 0 Å². The number of ether oxygens (including phenoxy) is 1. The number of hydrogen-bond donors (Lipinski definition) is 3. The molecule has 1 saturated heterocycles. The summed E-state index contributed by atoms with van der Waals surface area (Å²) in [4.78, 5) is 12.2. The lowest BCUT2D eigenvalue weighted by atomic mass is 9.54. The molecular formula is C17H30N2O3. The summed E-state index contributed by atoms with van der Waals surface area (Å²) in [5.41, 5.74) is 0.190. The number of rotatable bonds is 5. The third kappa shape index (κ3) is 2.85. The molecule has 4 atom stereocenters. The van der Waals surface area contributed by atoms with E-state index in [1.165, 1.54) is 25.7 Å². The van der Waals surface area contributed by atoms with Crippen LogP contribution in [0.2, 0.25) is 0 Å². The van der Waals surface area contributed by atoms with E-state index < -0.39 is 6.10 Å². The van der Waals surface area contributed by atoms with Crippen LogP contribution in [-0.4, -0.2) is 42.5 Å². The summed E-state index contributed by atoms with van der Waals surface area (Å²) >= 11 is 0. The Balaban J connectivity index is 1.50. The van der Waals surface area contributed by atoms with E-state index in [9.17, 15) is 9.90 Å². The number of urea groups is 1. The van der Waals surface area contributed by atoms with Crippen molar-refractivity contribution in [2.45, 2.75) is 70.6 Å². The van der Waals surface area contributed by atoms with Gasteiger partial charge in [-0.15, -0.1) is 0 Å². The molecule has 2 saturated carbocycles. The fraction of sp³-hybridized carbons (Fsp3) is 0.941. The van der Waals surface area contributed by atoms with Gasteiger partial charge in [0.15, 0.2) is 0 Å². The largest absolute Gasteiger partial charge is 0.391 e. The van der Waals surface area contributed by atoms with E-state index >= 15 is 0 Å². The number of amides is 2. The van der Waals surface area contributed by atoms with Crippen molar-refractivity contribution in [2.24, 2.45) is 17.3 Å².